The minimum absolute atomic E-state index is 0.00381. The van der Waals surface area contributed by atoms with Gasteiger partial charge < -0.3 is 91.8 Å². The number of ether oxygens (including phenoxy) is 7. The second kappa shape index (κ2) is 69.7. The molecule has 6 atom stereocenters. The smallest absolute Gasteiger partial charge is 0.407 e. The van der Waals surface area contributed by atoms with Crippen LogP contribution in [0.15, 0.2) is 48.5 Å². The van der Waals surface area contributed by atoms with Gasteiger partial charge in [-0.25, -0.2) is 28.8 Å². The molecule has 1 aliphatic carbocycles. The molecular formula is C103H176N10O24. The molecule has 0 saturated carbocycles. The number of carbonyl (C=O) groups is 16. The Labute approximate surface area is 817 Å². The fraction of sp³-hybridized carbons (Fsp3) is 0.728. The van der Waals surface area contributed by atoms with Gasteiger partial charge in [-0.3, -0.25) is 47.9 Å². The number of rotatable bonds is 56. The molecule has 12 N–H and O–H groups in total. The van der Waals surface area contributed by atoms with E-state index in [0.717, 1.165) is 93.1 Å². The quantitative estimate of drug-likeness (QED) is 0.0166. The van der Waals surface area contributed by atoms with E-state index in [1.165, 1.54) is 0 Å². The number of carboxylic acid groups (broad SMARTS) is 1. The van der Waals surface area contributed by atoms with E-state index in [2.05, 4.69) is 87.7 Å². The van der Waals surface area contributed by atoms with Gasteiger partial charge in [-0.05, 0) is 231 Å². The van der Waals surface area contributed by atoms with Crippen molar-refractivity contribution in [3.63, 3.8) is 0 Å². The van der Waals surface area contributed by atoms with Crippen LogP contribution in [0.5, 0.6) is 0 Å². The van der Waals surface area contributed by atoms with Gasteiger partial charge in [-0.15, -0.1) is 0 Å². The number of amides is 8. The van der Waals surface area contributed by atoms with Crippen molar-refractivity contribution in [3.05, 3.63) is 59.7 Å². The third-order valence-corrected chi connectivity index (χ3v) is 20.1. The highest BCUT2D eigenvalue weighted by atomic mass is 16.6. The highest BCUT2D eigenvalue weighted by molar-refractivity contribution is 5.94. The number of nitrogens with two attached hydrogens (primary N) is 1. The summed E-state index contributed by atoms with van der Waals surface area (Å²) in [5.74, 6) is -5.96. The third-order valence-electron chi connectivity index (χ3n) is 20.1. The maximum absolute atomic E-state index is 13.6. The first kappa shape index (κ1) is 129. The number of carboxylic acids is 1. The second-order valence-corrected chi connectivity index (χ2v) is 40.1. The Morgan fingerprint density at radius 3 is 1.09 bits per heavy atom. The van der Waals surface area contributed by atoms with Crippen LogP contribution in [0, 0.1) is 11.8 Å². The Morgan fingerprint density at radius 1 is 0.358 bits per heavy atom. The van der Waals surface area contributed by atoms with Crippen LogP contribution >= 0.6 is 0 Å². The van der Waals surface area contributed by atoms with E-state index in [1.54, 1.807) is 96.9 Å². The summed E-state index contributed by atoms with van der Waals surface area (Å²) >= 11 is 0. The predicted molar refractivity (Wildman–Crippen MR) is 531 cm³/mol. The van der Waals surface area contributed by atoms with Gasteiger partial charge >= 0.3 is 48.3 Å². The molecule has 0 fully saturated rings. The van der Waals surface area contributed by atoms with E-state index in [1.807, 2.05) is 84.9 Å². The molecule has 0 radical (unpaired) electrons. The summed E-state index contributed by atoms with van der Waals surface area (Å²) in [5, 5.41) is 32.5. The van der Waals surface area contributed by atoms with Gasteiger partial charge in [0.1, 0.15) is 82.2 Å². The first-order valence-electron chi connectivity index (χ1n) is 49.5. The van der Waals surface area contributed by atoms with Crippen molar-refractivity contribution >= 4 is 95.0 Å². The van der Waals surface area contributed by atoms with Crippen LogP contribution in [-0.2, 0) is 90.7 Å². The standard InChI is InChI=1S/C37H53N3O7.C31H55N3O8.C23H44N2O5.C8H13NO4.C4H11N/c1-8-9-10-22-31(33(42)46-36(2,3)4)39-32(41)30(21-15-16-23-38-34(43)47-37(5,6)7)40-35(44)45-24-29-27-19-13-11-17-25(27)26-18-12-14-20-28(26)29;1-9-11-12-16-25(28(39)41-30(3,4)5)34-27(38)22(15-13-14-19-32-29(40)42-31(6,7)8)20-24(36)21-33-26(37)18-17-23(35)10-2;1-8-9-10-13-17(20(27)29-22(2,3)4)16-19(26)18(24)14-11-12-15-25-21(28)30-23(5,6)7;1-2-6(10)3-4-7(11)9-5-8(12)13;1-3-5-4-2/h11-14,17-20,29-31H,8-10,15-16,21-24H2,1-7H3,(H,38,43)(H,39,41)(H,40,44);22,25H,9-21H2,1-8H3,(H,32,40)(H,33,37)(H,34,38);17-18H,8-16,24H2,1-7H3,(H,25,28);2-5H2,1H3,(H,9,11)(H,12,13);5H,3-4H2,1-2H3/t30?,31-;22?,25-;17-,18?;;/m001../s1. The van der Waals surface area contributed by atoms with Crippen LogP contribution in [0.2, 0.25) is 0 Å². The number of fused-ring (bicyclic) bond motifs is 3. The zero-order valence-electron chi connectivity index (χ0n) is 87.7. The van der Waals surface area contributed by atoms with Crippen molar-refractivity contribution in [1.82, 2.24) is 47.9 Å². The average molecular weight is 1940 g/mol. The molecule has 34 heteroatoms. The van der Waals surface area contributed by atoms with Crippen molar-refractivity contribution in [3.8, 4) is 11.1 Å². The fourth-order valence-electron chi connectivity index (χ4n) is 13.3. The summed E-state index contributed by atoms with van der Waals surface area (Å²) in [6.45, 7) is 48.8. The number of Topliss-reactive ketones (excluding diaryl/α,β-unsaturated/α-hetero) is 4. The highest BCUT2D eigenvalue weighted by Crippen LogP contribution is 2.44. The number of nitrogens with one attached hydrogen (secondary N) is 9. The number of alkyl carbamates (subject to hydrolysis) is 4. The number of esters is 3. The molecule has 8 amide bonds. The molecule has 34 nitrogen and oxygen atoms in total. The number of benzene rings is 2. The zero-order chi connectivity index (χ0) is 105. The van der Waals surface area contributed by atoms with Crippen LogP contribution in [0.1, 0.15) is 376 Å². The van der Waals surface area contributed by atoms with Crippen molar-refractivity contribution < 1.29 is 115 Å². The van der Waals surface area contributed by atoms with E-state index in [0.29, 0.717) is 103 Å². The van der Waals surface area contributed by atoms with Gasteiger partial charge in [-0.2, -0.15) is 0 Å². The van der Waals surface area contributed by atoms with Crippen LogP contribution in [-0.4, -0.2) is 210 Å². The van der Waals surface area contributed by atoms with Gasteiger partial charge in [0, 0.05) is 82.8 Å². The van der Waals surface area contributed by atoms with E-state index in [-0.39, 0.29) is 99.7 Å². The topological polar surface area (TPSA) is 492 Å². The normalized spacial score (nSPS) is 13.0. The minimum atomic E-state index is -1.09. The Balaban J connectivity index is 0. The number of aliphatic carboxylic acids is 1. The molecule has 2 aromatic carbocycles. The fourth-order valence-corrected chi connectivity index (χ4v) is 13.3. The molecule has 2 aromatic rings. The summed E-state index contributed by atoms with van der Waals surface area (Å²) in [5.41, 5.74) is 6.69. The van der Waals surface area contributed by atoms with E-state index < -0.39 is 136 Å². The van der Waals surface area contributed by atoms with Gasteiger partial charge in [-0.1, -0.05) is 161 Å². The first-order valence-corrected chi connectivity index (χ1v) is 49.5. The molecule has 3 unspecified atom stereocenters. The lowest BCUT2D eigenvalue weighted by atomic mass is 9.92. The summed E-state index contributed by atoms with van der Waals surface area (Å²) < 4.78 is 38.0. The van der Waals surface area contributed by atoms with Crippen LogP contribution in [0.4, 0.5) is 19.2 Å². The number of carbonyl (C=O) groups excluding carboxylic acids is 15. The summed E-state index contributed by atoms with van der Waals surface area (Å²) in [6, 6.07) is 12.9. The molecule has 0 saturated heterocycles. The lowest BCUT2D eigenvalue weighted by Gasteiger charge is -2.26. The lowest BCUT2D eigenvalue weighted by Crippen LogP contribution is -2.52. The largest absolute Gasteiger partial charge is 0.480 e. The van der Waals surface area contributed by atoms with Crippen LogP contribution < -0.4 is 53.6 Å². The van der Waals surface area contributed by atoms with Gasteiger partial charge in [0.05, 0.1) is 18.5 Å². The molecule has 0 heterocycles. The monoisotopic (exact) mass is 1940 g/mol. The number of hydrogen-bond donors (Lipinski definition) is 11. The van der Waals surface area contributed by atoms with E-state index >= 15 is 0 Å². The SMILES string of the molecule is CCC(=O)CCC(=O)NCC(=O)O.CCCCC[C@H](CC(=O)C(N)CCCCNC(=O)OC(C)(C)C)C(=O)OC(C)(C)C.CCCCC[C@H](NC(=O)C(CCCCNC(=O)OC(C)(C)C)CC(=O)CNC(=O)CCC(=O)CC)C(=O)OC(C)(C)C.CCCCC[C@H](NC(=O)C(CCCCNC(=O)OC(C)(C)C)NC(=O)OCC1c2ccccc2-c2ccccc21)C(=O)OC(C)(C)C.CCNCC. The van der Waals surface area contributed by atoms with Gasteiger partial charge in [0.25, 0.3) is 0 Å². The van der Waals surface area contributed by atoms with Crippen molar-refractivity contribution in [2.24, 2.45) is 17.6 Å². The van der Waals surface area contributed by atoms with Crippen molar-refractivity contribution in [1.29, 1.82) is 0 Å². The van der Waals surface area contributed by atoms with E-state index in [4.69, 9.17) is 44.0 Å². The Kier molecular flexibility index (Phi) is 65.5. The Morgan fingerprint density at radius 2 is 0.708 bits per heavy atom. The summed E-state index contributed by atoms with van der Waals surface area (Å²) in [4.78, 5) is 195. The molecule has 0 aliphatic heterocycles. The average Bonchev–Trinajstić information content (AvgIpc) is 1.61. The van der Waals surface area contributed by atoms with Crippen LogP contribution in [0.3, 0.4) is 0 Å². The molecule has 137 heavy (non-hydrogen) atoms. The molecular weight excluding hydrogens is 1760 g/mol. The maximum atomic E-state index is 13.6. The maximum Gasteiger partial charge on any atom is 0.407 e. The van der Waals surface area contributed by atoms with Crippen LogP contribution in [0.25, 0.3) is 11.1 Å². The number of hydrogen-bond acceptors (Lipinski definition) is 25. The van der Waals surface area contributed by atoms with Crippen molar-refractivity contribution in [2.45, 2.75) is 423 Å². The number of ketones is 4. The number of unbranched alkanes of at least 4 members (excludes halogenated alkanes) is 9. The summed E-state index contributed by atoms with van der Waals surface area (Å²) in [6.07, 6.45) is 13.1. The predicted octanol–water partition coefficient (Wildman–Crippen LogP) is 16.6. The second-order valence-electron chi connectivity index (χ2n) is 40.1. The Hall–Kier alpha value is -10.1. The molecule has 0 bridgehead atoms. The lowest BCUT2D eigenvalue weighted by molar-refractivity contribution is -0.161. The molecule has 0 aromatic heterocycles. The van der Waals surface area contributed by atoms with Crippen molar-refractivity contribution in [2.75, 3.05) is 52.4 Å². The summed E-state index contributed by atoms with van der Waals surface area (Å²) in [7, 11) is 0. The van der Waals surface area contributed by atoms with E-state index in [9.17, 15) is 76.7 Å². The first-order chi connectivity index (χ1) is 63.9. The molecule has 782 valence electrons. The Bertz CT molecular complexity index is 3910. The van der Waals surface area contributed by atoms with Gasteiger partial charge in [0.2, 0.25) is 23.6 Å². The molecule has 1 aliphatic rings. The van der Waals surface area contributed by atoms with Gasteiger partial charge in [0.15, 0.2) is 5.78 Å². The third kappa shape index (κ3) is 68.5. The minimum Gasteiger partial charge on any atom is -0.480 e. The molecule has 0 spiro atoms. The highest BCUT2D eigenvalue weighted by Gasteiger charge is 2.36. The zero-order valence-corrected chi connectivity index (χ0v) is 87.7. The molecule has 3 rings (SSSR count).